The SMILES string of the molecule is Cc1nc(N)ccc1NC(=O)CC(C)C. The number of aromatic nitrogens is 1. The van der Waals surface area contributed by atoms with Crippen LogP contribution in [-0.2, 0) is 4.79 Å². The van der Waals surface area contributed by atoms with Crippen molar-refractivity contribution >= 4 is 17.4 Å². The minimum atomic E-state index is 0.0136. The van der Waals surface area contributed by atoms with Crippen molar-refractivity contribution in [3.63, 3.8) is 0 Å². The molecule has 0 aliphatic carbocycles. The lowest BCUT2D eigenvalue weighted by Crippen LogP contribution is -2.15. The number of nitrogens with one attached hydrogen (secondary N) is 1. The summed E-state index contributed by atoms with van der Waals surface area (Å²) >= 11 is 0. The van der Waals surface area contributed by atoms with Crippen LogP contribution in [0, 0.1) is 12.8 Å². The second-order valence-electron chi connectivity index (χ2n) is 4.02. The molecule has 1 aromatic heterocycles. The number of amides is 1. The van der Waals surface area contributed by atoms with Gasteiger partial charge in [-0.1, -0.05) is 13.8 Å². The molecule has 0 unspecified atom stereocenters. The number of hydrogen-bond donors (Lipinski definition) is 2. The summed E-state index contributed by atoms with van der Waals surface area (Å²) in [6.45, 7) is 5.84. The third kappa shape index (κ3) is 3.58. The first-order valence-electron chi connectivity index (χ1n) is 5.02. The van der Waals surface area contributed by atoms with E-state index in [1.54, 1.807) is 12.1 Å². The first-order chi connectivity index (χ1) is 6.99. The molecule has 0 aliphatic heterocycles. The molecular weight excluding hydrogens is 190 g/mol. The molecule has 0 aromatic carbocycles. The molecule has 0 spiro atoms. The summed E-state index contributed by atoms with van der Waals surface area (Å²) in [5.41, 5.74) is 6.99. The van der Waals surface area contributed by atoms with Gasteiger partial charge in [0.2, 0.25) is 5.91 Å². The number of anilines is 2. The number of carbonyl (C=O) groups excluding carboxylic acids is 1. The monoisotopic (exact) mass is 207 g/mol. The predicted molar refractivity (Wildman–Crippen MR) is 61.5 cm³/mol. The average molecular weight is 207 g/mol. The van der Waals surface area contributed by atoms with E-state index in [4.69, 9.17) is 5.73 Å². The number of nitrogens with two attached hydrogens (primary N) is 1. The van der Waals surface area contributed by atoms with Gasteiger partial charge in [-0.2, -0.15) is 0 Å². The van der Waals surface area contributed by atoms with Gasteiger partial charge in [-0.15, -0.1) is 0 Å². The van der Waals surface area contributed by atoms with Crippen molar-refractivity contribution in [1.82, 2.24) is 4.98 Å². The molecule has 0 fully saturated rings. The van der Waals surface area contributed by atoms with Gasteiger partial charge in [-0.05, 0) is 25.0 Å². The van der Waals surface area contributed by atoms with Crippen molar-refractivity contribution in [2.75, 3.05) is 11.1 Å². The highest BCUT2D eigenvalue weighted by molar-refractivity contribution is 5.91. The van der Waals surface area contributed by atoms with Crippen LogP contribution >= 0.6 is 0 Å². The van der Waals surface area contributed by atoms with Crippen LogP contribution in [0.2, 0.25) is 0 Å². The fraction of sp³-hybridized carbons (Fsp3) is 0.455. The van der Waals surface area contributed by atoms with Crippen LogP contribution in [0.4, 0.5) is 11.5 Å². The Morgan fingerprint density at radius 1 is 1.53 bits per heavy atom. The molecule has 0 bridgehead atoms. The van der Waals surface area contributed by atoms with Crippen LogP contribution in [0.5, 0.6) is 0 Å². The van der Waals surface area contributed by atoms with E-state index in [1.807, 2.05) is 20.8 Å². The molecule has 1 aromatic rings. The van der Waals surface area contributed by atoms with Crippen LogP contribution < -0.4 is 11.1 Å². The van der Waals surface area contributed by atoms with Gasteiger partial charge in [0.05, 0.1) is 11.4 Å². The molecule has 0 atom stereocenters. The smallest absolute Gasteiger partial charge is 0.224 e. The topological polar surface area (TPSA) is 68.0 Å². The molecule has 0 radical (unpaired) electrons. The lowest BCUT2D eigenvalue weighted by molar-refractivity contribution is -0.116. The summed E-state index contributed by atoms with van der Waals surface area (Å²) in [4.78, 5) is 15.6. The Morgan fingerprint density at radius 3 is 2.73 bits per heavy atom. The number of carbonyl (C=O) groups is 1. The highest BCUT2D eigenvalue weighted by Gasteiger charge is 2.07. The minimum Gasteiger partial charge on any atom is -0.384 e. The van der Waals surface area contributed by atoms with Crippen molar-refractivity contribution < 1.29 is 4.79 Å². The second kappa shape index (κ2) is 4.77. The molecule has 0 aliphatic rings. The van der Waals surface area contributed by atoms with E-state index >= 15 is 0 Å². The Bertz CT molecular complexity index is 361. The van der Waals surface area contributed by atoms with E-state index in [-0.39, 0.29) is 5.91 Å². The van der Waals surface area contributed by atoms with Gasteiger partial charge in [-0.25, -0.2) is 4.98 Å². The number of nitrogen functional groups attached to an aromatic ring is 1. The van der Waals surface area contributed by atoms with Gasteiger partial charge in [0.15, 0.2) is 0 Å². The second-order valence-corrected chi connectivity index (χ2v) is 4.02. The first-order valence-corrected chi connectivity index (χ1v) is 5.02. The van der Waals surface area contributed by atoms with E-state index in [2.05, 4.69) is 10.3 Å². The lowest BCUT2D eigenvalue weighted by atomic mass is 10.1. The van der Waals surface area contributed by atoms with Gasteiger partial charge >= 0.3 is 0 Å². The largest absolute Gasteiger partial charge is 0.384 e. The molecule has 4 nitrogen and oxygen atoms in total. The molecule has 15 heavy (non-hydrogen) atoms. The number of aryl methyl sites for hydroxylation is 1. The van der Waals surface area contributed by atoms with Gasteiger partial charge in [0.1, 0.15) is 5.82 Å². The van der Waals surface area contributed by atoms with Crippen molar-refractivity contribution in [3.8, 4) is 0 Å². The van der Waals surface area contributed by atoms with E-state index in [0.29, 0.717) is 18.2 Å². The molecular formula is C11H17N3O. The summed E-state index contributed by atoms with van der Waals surface area (Å²) in [7, 11) is 0. The Balaban J connectivity index is 2.68. The predicted octanol–water partition coefficient (Wildman–Crippen LogP) is 1.96. The van der Waals surface area contributed by atoms with Crippen LogP contribution in [0.25, 0.3) is 0 Å². The van der Waals surface area contributed by atoms with Crippen molar-refractivity contribution in [1.29, 1.82) is 0 Å². The van der Waals surface area contributed by atoms with Crippen LogP contribution in [0.1, 0.15) is 26.0 Å². The third-order valence-electron chi connectivity index (χ3n) is 1.98. The van der Waals surface area contributed by atoms with Crippen LogP contribution in [-0.4, -0.2) is 10.9 Å². The van der Waals surface area contributed by atoms with Crippen molar-refractivity contribution in [2.45, 2.75) is 27.2 Å². The zero-order valence-corrected chi connectivity index (χ0v) is 9.37. The highest BCUT2D eigenvalue weighted by Crippen LogP contribution is 2.14. The maximum absolute atomic E-state index is 11.5. The van der Waals surface area contributed by atoms with Gasteiger partial charge < -0.3 is 11.1 Å². The molecule has 1 rings (SSSR count). The molecule has 1 heterocycles. The quantitative estimate of drug-likeness (QED) is 0.796. The number of pyridine rings is 1. The Morgan fingerprint density at radius 2 is 2.20 bits per heavy atom. The fourth-order valence-corrected chi connectivity index (χ4v) is 1.28. The van der Waals surface area contributed by atoms with Gasteiger partial charge in [0.25, 0.3) is 0 Å². The van der Waals surface area contributed by atoms with E-state index in [1.165, 1.54) is 0 Å². The van der Waals surface area contributed by atoms with Gasteiger partial charge in [-0.3, -0.25) is 4.79 Å². The maximum Gasteiger partial charge on any atom is 0.224 e. The summed E-state index contributed by atoms with van der Waals surface area (Å²) in [5, 5.41) is 2.81. The number of nitrogens with zero attached hydrogens (tertiary/aromatic N) is 1. The first kappa shape index (κ1) is 11.5. The van der Waals surface area contributed by atoms with Crippen LogP contribution in [0.15, 0.2) is 12.1 Å². The van der Waals surface area contributed by atoms with Gasteiger partial charge in [0, 0.05) is 6.42 Å². The van der Waals surface area contributed by atoms with E-state index in [0.717, 1.165) is 11.4 Å². The Kier molecular flexibility index (Phi) is 3.66. The molecule has 4 heteroatoms. The fourth-order valence-electron chi connectivity index (χ4n) is 1.28. The Labute approximate surface area is 89.9 Å². The normalized spacial score (nSPS) is 10.4. The molecule has 82 valence electrons. The highest BCUT2D eigenvalue weighted by atomic mass is 16.1. The summed E-state index contributed by atoms with van der Waals surface area (Å²) in [6.07, 6.45) is 0.518. The molecule has 1 amide bonds. The average Bonchev–Trinajstić information content (AvgIpc) is 2.08. The van der Waals surface area contributed by atoms with Crippen LogP contribution in [0.3, 0.4) is 0 Å². The lowest BCUT2D eigenvalue weighted by Gasteiger charge is -2.09. The maximum atomic E-state index is 11.5. The summed E-state index contributed by atoms with van der Waals surface area (Å²) in [6, 6.07) is 3.45. The zero-order chi connectivity index (χ0) is 11.4. The molecule has 0 saturated carbocycles. The number of hydrogen-bond acceptors (Lipinski definition) is 3. The third-order valence-corrected chi connectivity index (χ3v) is 1.98. The van der Waals surface area contributed by atoms with Crippen molar-refractivity contribution in [2.24, 2.45) is 5.92 Å². The zero-order valence-electron chi connectivity index (χ0n) is 9.37. The number of rotatable bonds is 3. The summed E-state index contributed by atoms with van der Waals surface area (Å²) in [5.74, 6) is 0.834. The Hall–Kier alpha value is -1.58. The standard InChI is InChI=1S/C11H17N3O/c1-7(2)6-11(15)14-9-4-5-10(12)13-8(9)3/h4-5,7H,6H2,1-3H3,(H2,12,13)(H,14,15). The molecule has 0 saturated heterocycles. The minimum absolute atomic E-state index is 0.0136. The summed E-state index contributed by atoms with van der Waals surface area (Å²) < 4.78 is 0. The van der Waals surface area contributed by atoms with E-state index in [9.17, 15) is 4.79 Å². The van der Waals surface area contributed by atoms with Crippen molar-refractivity contribution in [3.05, 3.63) is 17.8 Å². The van der Waals surface area contributed by atoms with E-state index < -0.39 is 0 Å². The molecule has 3 N–H and O–H groups in total.